The molecule has 0 saturated carbocycles. The molecular weight excluding hydrogens is 397 g/mol. The van der Waals surface area contributed by atoms with Crippen molar-refractivity contribution in [1.82, 2.24) is 4.90 Å². The Labute approximate surface area is 154 Å². The first-order valence-corrected chi connectivity index (χ1v) is 8.59. The molecule has 2 unspecified atom stereocenters. The maximum atomic E-state index is 13.3. The Morgan fingerprint density at radius 1 is 1.32 bits per heavy atom. The Bertz CT molecular complexity index is 661. The van der Waals surface area contributed by atoms with Gasteiger partial charge in [-0.1, -0.05) is 0 Å². The summed E-state index contributed by atoms with van der Waals surface area (Å²) in [6, 6.07) is 3.48. The van der Waals surface area contributed by atoms with E-state index in [0.29, 0.717) is 5.75 Å². The zero-order valence-electron chi connectivity index (χ0n) is 14.5. The van der Waals surface area contributed by atoms with E-state index in [1.807, 2.05) is 0 Å². The Balaban J connectivity index is 2.13. The molecule has 2 atom stereocenters. The molecule has 0 radical (unpaired) electrons. The van der Waals surface area contributed by atoms with Gasteiger partial charge in [-0.15, -0.1) is 0 Å². The summed E-state index contributed by atoms with van der Waals surface area (Å²) in [5.74, 6) is -0.494. The van der Waals surface area contributed by atoms with Gasteiger partial charge in [0, 0.05) is 6.42 Å². The van der Waals surface area contributed by atoms with Crippen molar-refractivity contribution in [2.24, 2.45) is 0 Å². The summed E-state index contributed by atoms with van der Waals surface area (Å²) >= 11 is 3.10. The Kier molecular flexibility index (Phi) is 5.92. The number of nitrogens with zero attached hydrogens (tertiary/aromatic N) is 1. The quantitative estimate of drug-likeness (QED) is 0.703. The minimum atomic E-state index is -0.784. The van der Waals surface area contributed by atoms with Crippen molar-refractivity contribution < 1.29 is 28.2 Å². The van der Waals surface area contributed by atoms with E-state index in [-0.39, 0.29) is 17.4 Å². The fourth-order valence-corrected chi connectivity index (χ4v) is 2.87. The Morgan fingerprint density at radius 2 is 2.00 bits per heavy atom. The van der Waals surface area contributed by atoms with Crippen molar-refractivity contribution in [3.63, 3.8) is 0 Å². The van der Waals surface area contributed by atoms with Gasteiger partial charge in [-0.3, -0.25) is 4.90 Å². The molecule has 0 spiro atoms. The van der Waals surface area contributed by atoms with Crippen LogP contribution in [-0.4, -0.2) is 48.4 Å². The van der Waals surface area contributed by atoms with Gasteiger partial charge in [-0.2, -0.15) is 0 Å². The molecule has 2 rings (SSSR count). The van der Waals surface area contributed by atoms with Crippen molar-refractivity contribution >= 4 is 28.0 Å². The molecule has 1 aromatic rings. The maximum Gasteiger partial charge on any atom is 0.411 e. The lowest BCUT2D eigenvalue weighted by Crippen LogP contribution is -2.44. The predicted molar refractivity (Wildman–Crippen MR) is 91.9 cm³/mol. The van der Waals surface area contributed by atoms with E-state index in [0.717, 1.165) is 0 Å². The summed E-state index contributed by atoms with van der Waals surface area (Å²) in [6.45, 7) is 5.41. The van der Waals surface area contributed by atoms with E-state index in [4.69, 9.17) is 14.2 Å². The van der Waals surface area contributed by atoms with Crippen molar-refractivity contribution in [2.75, 3.05) is 13.7 Å². The first-order valence-electron chi connectivity index (χ1n) is 7.80. The van der Waals surface area contributed by atoms with Crippen LogP contribution < -0.4 is 4.74 Å². The molecule has 25 heavy (non-hydrogen) atoms. The molecule has 1 amide bonds. The van der Waals surface area contributed by atoms with E-state index in [2.05, 4.69) is 15.9 Å². The number of halogens is 2. The van der Waals surface area contributed by atoms with E-state index < -0.39 is 35.6 Å². The first kappa shape index (κ1) is 19.5. The lowest BCUT2D eigenvalue weighted by Gasteiger charge is -2.27. The number of benzene rings is 1. The van der Waals surface area contributed by atoms with Crippen LogP contribution in [0.3, 0.4) is 0 Å². The fraction of sp³-hybridized carbons (Fsp3) is 0.529. The molecular formula is C17H21BrFNO5. The summed E-state index contributed by atoms with van der Waals surface area (Å²) in [6.07, 6.45) is -0.774. The molecule has 138 valence electrons. The van der Waals surface area contributed by atoms with Gasteiger partial charge >= 0.3 is 12.1 Å². The highest BCUT2D eigenvalue weighted by Crippen LogP contribution is 2.28. The molecule has 1 aliphatic heterocycles. The van der Waals surface area contributed by atoms with Crippen LogP contribution in [0, 0.1) is 5.82 Å². The molecule has 1 aromatic carbocycles. The first-order chi connectivity index (χ1) is 11.6. The van der Waals surface area contributed by atoms with Gasteiger partial charge in [0.1, 0.15) is 29.3 Å². The van der Waals surface area contributed by atoms with Crippen molar-refractivity contribution in [3.05, 3.63) is 28.5 Å². The molecule has 0 N–H and O–H groups in total. The summed E-state index contributed by atoms with van der Waals surface area (Å²) in [5, 5.41) is 0. The number of esters is 1. The summed E-state index contributed by atoms with van der Waals surface area (Å²) < 4.78 is 29.5. The number of carbonyl (C=O) groups excluding carboxylic acids is 2. The Morgan fingerprint density at radius 3 is 2.56 bits per heavy atom. The number of amides is 1. The Hall–Kier alpha value is -1.83. The fourth-order valence-electron chi connectivity index (χ4n) is 2.51. The average Bonchev–Trinajstić information content (AvgIpc) is 2.92. The molecule has 0 aliphatic carbocycles. The average molecular weight is 418 g/mol. The molecule has 6 nitrogen and oxygen atoms in total. The number of rotatable bonds is 3. The number of hydrogen-bond acceptors (Lipinski definition) is 5. The summed E-state index contributed by atoms with van der Waals surface area (Å²) in [4.78, 5) is 25.7. The van der Waals surface area contributed by atoms with E-state index in [1.165, 1.54) is 30.2 Å². The lowest BCUT2D eigenvalue weighted by atomic mass is 10.2. The standard InChI is InChI=1S/C17H21BrFNO5/c1-17(2,3)25-16(22)20-9-11(8-14(20)15(21)23-4)24-10-5-6-13(19)12(18)7-10/h5-7,11,14H,8-9H2,1-4H3. The van der Waals surface area contributed by atoms with Gasteiger partial charge in [-0.05, 0) is 54.9 Å². The monoisotopic (exact) mass is 417 g/mol. The third-order valence-corrected chi connectivity index (χ3v) is 4.17. The second-order valence-electron chi connectivity index (χ2n) is 6.72. The van der Waals surface area contributed by atoms with Crippen LogP contribution in [0.15, 0.2) is 22.7 Å². The highest BCUT2D eigenvalue weighted by Gasteiger charge is 2.43. The highest BCUT2D eigenvalue weighted by molar-refractivity contribution is 9.10. The second-order valence-corrected chi connectivity index (χ2v) is 7.58. The molecule has 0 bridgehead atoms. The zero-order chi connectivity index (χ0) is 18.8. The van der Waals surface area contributed by atoms with Gasteiger partial charge in [0.25, 0.3) is 0 Å². The van der Waals surface area contributed by atoms with Gasteiger partial charge in [0.15, 0.2) is 0 Å². The third-order valence-electron chi connectivity index (χ3n) is 3.56. The number of likely N-dealkylation sites (tertiary alicyclic amines) is 1. The third kappa shape index (κ3) is 5.07. The predicted octanol–water partition coefficient (Wildman–Crippen LogP) is 3.52. The minimum absolute atomic E-state index is 0.170. The molecule has 1 aliphatic rings. The van der Waals surface area contributed by atoms with Crippen LogP contribution >= 0.6 is 15.9 Å². The van der Waals surface area contributed by atoms with Crippen LogP contribution in [0.1, 0.15) is 27.2 Å². The van der Waals surface area contributed by atoms with E-state index in [9.17, 15) is 14.0 Å². The lowest BCUT2D eigenvalue weighted by molar-refractivity contribution is -0.145. The van der Waals surface area contributed by atoms with Crippen LogP contribution in [0.25, 0.3) is 0 Å². The minimum Gasteiger partial charge on any atom is -0.488 e. The molecule has 8 heteroatoms. The van der Waals surface area contributed by atoms with Crippen LogP contribution in [0.5, 0.6) is 5.75 Å². The largest absolute Gasteiger partial charge is 0.488 e. The van der Waals surface area contributed by atoms with Gasteiger partial charge < -0.3 is 14.2 Å². The van der Waals surface area contributed by atoms with Gasteiger partial charge in [0.2, 0.25) is 0 Å². The van der Waals surface area contributed by atoms with Crippen molar-refractivity contribution in [2.45, 2.75) is 44.9 Å². The molecule has 1 heterocycles. The number of methoxy groups -OCH3 is 1. The normalized spacial score (nSPS) is 20.3. The summed E-state index contributed by atoms with van der Waals surface area (Å²) in [5.41, 5.74) is -0.682. The molecule has 0 aromatic heterocycles. The van der Waals surface area contributed by atoms with Gasteiger partial charge in [-0.25, -0.2) is 14.0 Å². The van der Waals surface area contributed by atoms with E-state index >= 15 is 0 Å². The van der Waals surface area contributed by atoms with Crippen LogP contribution in [-0.2, 0) is 14.3 Å². The topological polar surface area (TPSA) is 65.1 Å². The SMILES string of the molecule is COC(=O)C1CC(Oc2ccc(F)c(Br)c2)CN1C(=O)OC(C)(C)C. The summed E-state index contributed by atoms with van der Waals surface area (Å²) in [7, 11) is 1.26. The maximum absolute atomic E-state index is 13.3. The number of hydrogen-bond donors (Lipinski definition) is 0. The van der Waals surface area contributed by atoms with Crippen molar-refractivity contribution in [3.8, 4) is 5.75 Å². The van der Waals surface area contributed by atoms with Crippen LogP contribution in [0.4, 0.5) is 9.18 Å². The molecule has 1 fully saturated rings. The van der Waals surface area contributed by atoms with Crippen LogP contribution in [0.2, 0.25) is 0 Å². The zero-order valence-corrected chi connectivity index (χ0v) is 16.1. The van der Waals surface area contributed by atoms with Gasteiger partial charge in [0.05, 0.1) is 18.1 Å². The second kappa shape index (κ2) is 7.59. The van der Waals surface area contributed by atoms with Crippen molar-refractivity contribution in [1.29, 1.82) is 0 Å². The molecule has 1 saturated heterocycles. The highest BCUT2D eigenvalue weighted by atomic mass is 79.9. The number of ether oxygens (including phenoxy) is 3. The number of carbonyl (C=O) groups is 2. The smallest absolute Gasteiger partial charge is 0.411 e. The van der Waals surface area contributed by atoms with E-state index in [1.54, 1.807) is 20.8 Å².